The molecule has 0 atom stereocenters. The maximum absolute atomic E-state index is 11.8. The largest absolute Gasteiger partial charge is 0.573 e. The van der Waals surface area contributed by atoms with Crippen molar-refractivity contribution in [3.05, 3.63) is 29.8 Å². The maximum Gasteiger partial charge on any atom is 0.573 e. The molecule has 1 aromatic rings. The van der Waals surface area contributed by atoms with Gasteiger partial charge in [-0.3, -0.25) is 5.41 Å². The smallest absolute Gasteiger partial charge is 0.406 e. The lowest BCUT2D eigenvalue weighted by molar-refractivity contribution is -0.274. The van der Waals surface area contributed by atoms with Gasteiger partial charge >= 0.3 is 6.36 Å². The highest BCUT2D eigenvalue weighted by atomic mass is 19.4. The van der Waals surface area contributed by atoms with Gasteiger partial charge in [-0.15, -0.1) is 13.2 Å². The zero-order chi connectivity index (χ0) is 11.5. The van der Waals surface area contributed by atoms with E-state index in [0.29, 0.717) is 5.56 Å². The lowest BCUT2D eigenvalue weighted by Gasteiger charge is -2.08. The van der Waals surface area contributed by atoms with E-state index in [1.165, 1.54) is 24.3 Å². The van der Waals surface area contributed by atoms with Crippen LogP contribution in [0, 0.1) is 5.41 Å². The van der Waals surface area contributed by atoms with Gasteiger partial charge in [-0.1, -0.05) is 12.1 Å². The summed E-state index contributed by atoms with van der Waals surface area (Å²) in [5, 5.41) is 7.00. The summed E-state index contributed by atoms with van der Waals surface area (Å²) in [7, 11) is 0. The van der Waals surface area contributed by atoms with Crippen LogP contribution < -0.4 is 10.5 Å². The Bertz CT molecular complexity index is 345. The molecule has 0 aliphatic carbocycles. The number of hydrogen-bond donors (Lipinski definition) is 2. The zero-order valence-corrected chi connectivity index (χ0v) is 7.64. The minimum absolute atomic E-state index is 0.0421. The van der Waals surface area contributed by atoms with Crippen LogP contribution in [0.1, 0.15) is 5.56 Å². The lowest BCUT2D eigenvalue weighted by atomic mass is 10.1. The van der Waals surface area contributed by atoms with Crippen LogP contribution in [0.25, 0.3) is 0 Å². The number of rotatable bonds is 3. The average molecular weight is 218 g/mol. The van der Waals surface area contributed by atoms with Crippen molar-refractivity contribution in [1.82, 2.24) is 0 Å². The number of alkyl halides is 3. The van der Waals surface area contributed by atoms with Crippen LogP contribution in [-0.4, -0.2) is 12.2 Å². The summed E-state index contributed by atoms with van der Waals surface area (Å²) in [6.45, 7) is 0. The molecular weight excluding hydrogens is 209 g/mol. The van der Waals surface area contributed by atoms with Crippen LogP contribution in [0.5, 0.6) is 5.75 Å². The van der Waals surface area contributed by atoms with Crippen LogP contribution in [0.3, 0.4) is 0 Å². The Hall–Kier alpha value is -1.72. The summed E-state index contributed by atoms with van der Waals surface area (Å²) < 4.78 is 39.0. The predicted octanol–water partition coefficient (Wildman–Crippen LogP) is 2.06. The number of halogens is 3. The minimum Gasteiger partial charge on any atom is -0.406 e. The molecule has 0 amide bonds. The molecule has 0 saturated carbocycles. The van der Waals surface area contributed by atoms with Crippen molar-refractivity contribution in [2.45, 2.75) is 12.8 Å². The first-order valence-electron chi connectivity index (χ1n) is 4.04. The highest BCUT2D eigenvalue weighted by molar-refractivity contribution is 5.79. The van der Waals surface area contributed by atoms with Gasteiger partial charge in [-0.05, 0) is 17.7 Å². The van der Waals surface area contributed by atoms with Crippen LogP contribution >= 0.6 is 0 Å². The quantitative estimate of drug-likeness (QED) is 0.602. The molecule has 6 heteroatoms. The second-order valence-corrected chi connectivity index (χ2v) is 2.89. The molecule has 0 spiro atoms. The molecule has 3 nitrogen and oxygen atoms in total. The summed E-state index contributed by atoms with van der Waals surface area (Å²) in [6, 6.07) is 5.24. The van der Waals surface area contributed by atoms with Crippen molar-refractivity contribution in [3.8, 4) is 5.75 Å². The van der Waals surface area contributed by atoms with E-state index in [0.717, 1.165) is 0 Å². The van der Waals surface area contributed by atoms with Gasteiger partial charge in [0.15, 0.2) is 0 Å². The molecule has 82 valence electrons. The second kappa shape index (κ2) is 4.20. The van der Waals surface area contributed by atoms with E-state index in [9.17, 15) is 13.2 Å². The summed E-state index contributed by atoms with van der Waals surface area (Å²) in [4.78, 5) is 0. The number of hydrogen-bond acceptors (Lipinski definition) is 2. The molecule has 15 heavy (non-hydrogen) atoms. The van der Waals surface area contributed by atoms with Gasteiger partial charge in [-0.2, -0.15) is 0 Å². The fourth-order valence-electron chi connectivity index (χ4n) is 1.03. The van der Waals surface area contributed by atoms with Gasteiger partial charge in [0.2, 0.25) is 0 Å². The van der Waals surface area contributed by atoms with Gasteiger partial charge in [0.25, 0.3) is 0 Å². The zero-order valence-electron chi connectivity index (χ0n) is 7.64. The summed E-state index contributed by atoms with van der Waals surface area (Å²) in [5.41, 5.74) is 5.80. The Morgan fingerprint density at radius 2 is 1.80 bits per heavy atom. The average Bonchev–Trinajstić information content (AvgIpc) is 2.05. The minimum atomic E-state index is -4.68. The molecule has 3 N–H and O–H groups in total. The van der Waals surface area contributed by atoms with Crippen molar-refractivity contribution in [3.63, 3.8) is 0 Å². The standard InChI is InChI=1S/C9H9F3N2O/c10-9(11,12)15-7-3-1-6(2-4-7)5-8(13)14/h1-4H,5H2,(H3,13,14). The molecule has 0 fully saturated rings. The number of nitrogens with two attached hydrogens (primary N) is 1. The number of amidine groups is 1. The third-order valence-corrected chi connectivity index (χ3v) is 1.55. The predicted molar refractivity (Wildman–Crippen MR) is 48.7 cm³/mol. The van der Waals surface area contributed by atoms with Crippen LogP contribution in [0.4, 0.5) is 13.2 Å². The Morgan fingerprint density at radius 3 is 2.20 bits per heavy atom. The van der Waals surface area contributed by atoms with Crippen LogP contribution in [-0.2, 0) is 6.42 Å². The van der Waals surface area contributed by atoms with Crippen molar-refractivity contribution in [1.29, 1.82) is 5.41 Å². The van der Waals surface area contributed by atoms with Crippen molar-refractivity contribution < 1.29 is 17.9 Å². The molecule has 1 aromatic carbocycles. The summed E-state index contributed by atoms with van der Waals surface area (Å²) >= 11 is 0. The third-order valence-electron chi connectivity index (χ3n) is 1.55. The molecule has 0 bridgehead atoms. The molecule has 0 unspecified atom stereocenters. The third kappa shape index (κ3) is 4.35. The first-order chi connectivity index (χ1) is 6.87. The maximum atomic E-state index is 11.8. The van der Waals surface area contributed by atoms with E-state index in [1.807, 2.05) is 0 Å². The number of ether oxygens (including phenoxy) is 1. The topological polar surface area (TPSA) is 59.1 Å². The van der Waals surface area contributed by atoms with E-state index in [4.69, 9.17) is 11.1 Å². The van der Waals surface area contributed by atoms with Gasteiger partial charge in [0.1, 0.15) is 5.75 Å². The molecule has 0 heterocycles. The van der Waals surface area contributed by atoms with E-state index in [1.54, 1.807) is 0 Å². The molecule has 0 aliphatic heterocycles. The normalized spacial score (nSPS) is 11.1. The van der Waals surface area contributed by atoms with Gasteiger partial charge in [-0.25, -0.2) is 0 Å². The SMILES string of the molecule is N=C(N)Cc1ccc(OC(F)(F)F)cc1. The lowest BCUT2D eigenvalue weighted by Crippen LogP contribution is -2.17. The van der Waals surface area contributed by atoms with Crippen molar-refractivity contribution >= 4 is 5.84 Å². The Kier molecular flexibility index (Phi) is 3.18. The van der Waals surface area contributed by atoms with E-state index in [-0.39, 0.29) is 18.0 Å². The first kappa shape index (κ1) is 11.4. The summed E-state index contributed by atoms with van der Waals surface area (Å²) in [6.07, 6.45) is -4.46. The van der Waals surface area contributed by atoms with Crippen LogP contribution in [0.15, 0.2) is 24.3 Å². The molecular formula is C9H9F3N2O. The fraction of sp³-hybridized carbons (Fsp3) is 0.222. The van der Waals surface area contributed by atoms with Gasteiger partial charge in [0.05, 0.1) is 5.84 Å². The van der Waals surface area contributed by atoms with E-state index in [2.05, 4.69) is 4.74 Å². The summed E-state index contributed by atoms with van der Waals surface area (Å²) in [5.74, 6) is -0.325. The Balaban J connectivity index is 2.68. The Morgan fingerprint density at radius 1 is 1.27 bits per heavy atom. The van der Waals surface area contributed by atoms with Gasteiger partial charge in [0, 0.05) is 6.42 Å². The van der Waals surface area contributed by atoms with Crippen LogP contribution in [0.2, 0.25) is 0 Å². The molecule has 0 aliphatic rings. The Labute approximate surface area is 84.2 Å². The molecule has 0 aromatic heterocycles. The second-order valence-electron chi connectivity index (χ2n) is 2.89. The van der Waals surface area contributed by atoms with Crippen molar-refractivity contribution in [2.24, 2.45) is 5.73 Å². The highest BCUT2D eigenvalue weighted by Gasteiger charge is 2.30. The molecule has 0 saturated heterocycles. The van der Waals surface area contributed by atoms with Crippen molar-refractivity contribution in [2.75, 3.05) is 0 Å². The molecule has 0 radical (unpaired) electrons. The first-order valence-corrected chi connectivity index (χ1v) is 4.04. The number of benzene rings is 1. The van der Waals surface area contributed by atoms with E-state index < -0.39 is 6.36 Å². The number of nitrogens with one attached hydrogen (secondary N) is 1. The van der Waals surface area contributed by atoms with E-state index >= 15 is 0 Å². The molecule has 1 rings (SSSR count). The fourth-order valence-corrected chi connectivity index (χ4v) is 1.03. The highest BCUT2D eigenvalue weighted by Crippen LogP contribution is 2.22. The van der Waals surface area contributed by atoms with Gasteiger partial charge < -0.3 is 10.5 Å². The monoisotopic (exact) mass is 218 g/mol.